The second-order valence-electron chi connectivity index (χ2n) is 2.42. The fourth-order valence-corrected chi connectivity index (χ4v) is 1.32. The summed E-state index contributed by atoms with van der Waals surface area (Å²) in [4.78, 5) is 0. The van der Waals surface area contributed by atoms with Crippen molar-refractivity contribution in [2.45, 2.75) is 0 Å². The molecule has 0 aliphatic rings. The minimum Gasteiger partial charge on any atom is -0.382 e. The molecule has 1 N–H and O–H groups in total. The number of nitrogens with one attached hydrogen (secondary N) is 1. The number of hydrogen-bond acceptors (Lipinski definition) is 5. The molecular weight excluding hydrogens is 208 g/mol. The fraction of sp³-hybridized carbons (Fsp3) is 0.857. The van der Waals surface area contributed by atoms with Gasteiger partial charge in [-0.3, -0.25) is 0 Å². The van der Waals surface area contributed by atoms with Crippen LogP contribution in [-0.4, -0.2) is 47.6 Å². The van der Waals surface area contributed by atoms with Crippen LogP contribution in [0.5, 0.6) is 0 Å². The number of sulfonamides is 1. The fourth-order valence-electron chi connectivity index (χ4n) is 0.650. The highest BCUT2D eigenvalue weighted by Crippen LogP contribution is 1.82. The van der Waals surface area contributed by atoms with Gasteiger partial charge in [-0.2, -0.15) is 5.26 Å². The molecule has 0 spiro atoms. The SMILES string of the molecule is COCCOCCNS(=O)(=O)CC#N. The standard InChI is InChI=1S/C7H14N2O4S/c1-12-5-6-13-4-3-9-14(10,11)7-2-8/h9H,3-7H2,1H3. The Hall–Kier alpha value is -0.680. The molecule has 0 rings (SSSR count). The molecular formula is C7H14N2O4S. The molecule has 0 aromatic carbocycles. The van der Waals surface area contributed by atoms with Crippen LogP contribution in [-0.2, 0) is 19.5 Å². The smallest absolute Gasteiger partial charge is 0.225 e. The zero-order valence-electron chi connectivity index (χ0n) is 8.02. The van der Waals surface area contributed by atoms with Crippen molar-refractivity contribution in [3.05, 3.63) is 0 Å². The maximum atomic E-state index is 10.9. The molecule has 0 fully saturated rings. The Bertz CT molecular complexity index is 270. The van der Waals surface area contributed by atoms with E-state index in [1.807, 2.05) is 0 Å². The summed E-state index contributed by atoms with van der Waals surface area (Å²) < 4.78 is 33.8. The molecule has 0 aromatic rings. The van der Waals surface area contributed by atoms with E-state index in [0.717, 1.165) is 0 Å². The van der Waals surface area contributed by atoms with Gasteiger partial charge in [0, 0.05) is 13.7 Å². The zero-order valence-corrected chi connectivity index (χ0v) is 8.84. The van der Waals surface area contributed by atoms with Crippen LogP contribution in [0.25, 0.3) is 0 Å². The van der Waals surface area contributed by atoms with E-state index in [-0.39, 0.29) is 13.2 Å². The zero-order chi connectivity index (χ0) is 10.9. The van der Waals surface area contributed by atoms with Gasteiger partial charge >= 0.3 is 0 Å². The Balaban J connectivity index is 3.41. The Morgan fingerprint density at radius 2 is 2.07 bits per heavy atom. The minimum atomic E-state index is -3.45. The quantitative estimate of drug-likeness (QED) is 0.537. The lowest BCUT2D eigenvalue weighted by molar-refractivity contribution is 0.0736. The van der Waals surface area contributed by atoms with Crippen LogP contribution >= 0.6 is 0 Å². The molecule has 0 aromatic heterocycles. The summed E-state index contributed by atoms with van der Waals surface area (Å²) >= 11 is 0. The first-order valence-corrected chi connectivity index (χ1v) is 5.68. The molecule has 14 heavy (non-hydrogen) atoms. The molecule has 7 heteroatoms. The third-order valence-corrected chi connectivity index (χ3v) is 2.41. The summed E-state index contributed by atoms with van der Waals surface area (Å²) in [7, 11) is -1.89. The van der Waals surface area contributed by atoms with E-state index in [2.05, 4.69) is 4.72 Å². The van der Waals surface area contributed by atoms with Crippen LogP contribution in [0.15, 0.2) is 0 Å². The van der Waals surface area contributed by atoms with Gasteiger partial charge in [-0.05, 0) is 0 Å². The molecule has 0 saturated heterocycles. The van der Waals surface area contributed by atoms with E-state index < -0.39 is 15.8 Å². The molecule has 0 bridgehead atoms. The van der Waals surface area contributed by atoms with Crippen molar-refractivity contribution in [2.24, 2.45) is 0 Å². The molecule has 82 valence electrons. The number of nitrogens with zero attached hydrogens (tertiary/aromatic N) is 1. The van der Waals surface area contributed by atoms with Crippen molar-refractivity contribution in [1.29, 1.82) is 5.26 Å². The van der Waals surface area contributed by atoms with Gasteiger partial charge in [0.2, 0.25) is 10.0 Å². The predicted octanol–water partition coefficient (Wildman–Crippen LogP) is -0.908. The van der Waals surface area contributed by atoms with E-state index in [0.29, 0.717) is 13.2 Å². The Morgan fingerprint density at radius 3 is 2.64 bits per heavy atom. The van der Waals surface area contributed by atoms with Crippen molar-refractivity contribution in [2.75, 3.05) is 39.2 Å². The summed E-state index contributed by atoms with van der Waals surface area (Å²) in [6, 6.07) is 1.56. The number of ether oxygens (including phenoxy) is 2. The Kier molecular flexibility index (Phi) is 7.32. The van der Waals surface area contributed by atoms with E-state index in [1.165, 1.54) is 0 Å². The largest absolute Gasteiger partial charge is 0.382 e. The van der Waals surface area contributed by atoms with E-state index in [9.17, 15) is 8.42 Å². The molecule has 0 aliphatic heterocycles. The number of rotatable bonds is 8. The third kappa shape index (κ3) is 7.94. The van der Waals surface area contributed by atoms with Gasteiger partial charge in [0.25, 0.3) is 0 Å². The van der Waals surface area contributed by atoms with E-state index in [4.69, 9.17) is 14.7 Å². The number of hydrogen-bond donors (Lipinski definition) is 1. The van der Waals surface area contributed by atoms with E-state index >= 15 is 0 Å². The van der Waals surface area contributed by atoms with Gasteiger partial charge in [-0.25, -0.2) is 13.1 Å². The first-order valence-electron chi connectivity index (χ1n) is 4.03. The highest BCUT2D eigenvalue weighted by atomic mass is 32.2. The molecule has 0 amide bonds. The Labute approximate surface area is 83.9 Å². The Morgan fingerprint density at radius 1 is 1.36 bits per heavy atom. The van der Waals surface area contributed by atoms with Crippen molar-refractivity contribution in [1.82, 2.24) is 4.72 Å². The van der Waals surface area contributed by atoms with Crippen LogP contribution in [0.4, 0.5) is 0 Å². The van der Waals surface area contributed by atoms with Crippen molar-refractivity contribution in [3.8, 4) is 6.07 Å². The lowest BCUT2D eigenvalue weighted by Crippen LogP contribution is -2.29. The van der Waals surface area contributed by atoms with Crippen LogP contribution < -0.4 is 4.72 Å². The maximum Gasteiger partial charge on any atom is 0.225 e. The second-order valence-corrected chi connectivity index (χ2v) is 4.22. The summed E-state index contributed by atoms with van der Waals surface area (Å²) in [6.07, 6.45) is 0. The van der Waals surface area contributed by atoms with E-state index in [1.54, 1.807) is 13.2 Å². The lowest BCUT2D eigenvalue weighted by Gasteiger charge is -2.04. The monoisotopic (exact) mass is 222 g/mol. The first-order chi connectivity index (χ1) is 6.62. The molecule has 0 unspecified atom stereocenters. The molecule has 0 aliphatic carbocycles. The van der Waals surface area contributed by atoms with Crippen molar-refractivity contribution >= 4 is 10.0 Å². The second kappa shape index (κ2) is 7.70. The van der Waals surface area contributed by atoms with Crippen molar-refractivity contribution < 1.29 is 17.9 Å². The van der Waals surface area contributed by atoms with Gasteiger partial charge in [-0.15, -0.1) is 0 Å². The van der Waals surface area contributed by atoms with Gasteiger partial charge in [0.05, 0.1) is 25.9 Å². The predicted molar refractivity (Wildman–Crippen MR) is 50.1 cm³/mol. The highest BCUT2D eigenvalue weighted by molar-refractivity contribution is 7.89. The van der Waals surface area contributed by atoms with Gasteiger partial charge in [0.15, 0.2) is 5.75 Å². The molecule has 0 radical (unpaired) electrons. The number of nitriles is 1. The normalized spacial score (nSPS) is 11.1. The maximum absolute atomic E-state index is 10.9. The van der Waals surface area contributed by atoms with Crippen molar-refractivity contribution in [3.63, 3.8) is 0 Å². The lowest BCUT2D eigenvalue weighted by atomic mass is 10.7. The van der Waals surface area contributed by atoms with Gasteiger partial charge in [-0.1, -0.05) is 0 Å². The van der Waals surface area contributed by atoms with Gasteiger partial charge in [0.1, 0.15) is 0 Å². The first kappa shape index (κ1) is 13.3. The molecule has 0 atom stereocenters. The number of methoxy groups -OCH3 is 1. The minimum absolute atomic E-state index is 0.174. The third-order valence-electron chi connectivity index (χ3n) is 1.25. The van der Waals surface area contributed by atoms with Crippen LogP contribution in [0.3, 0.4) is 0 Å². The molecule has 0 saturated carbocycles. The summed E-state index contributed by atoms with van der Waals surface area (Å²) in [5, 5.41) is 8.16. The van der Waals surface area contributed by atoms with Gasteiger partial charge < -0.3 is 9.47 Å². The van der Waals surface area contributed by atoms with Crippen LogP contribution in [0.1, 0.15) is 0 Å². The van der Waals surface area contributed by atoms with Crippen LogP contribution in [0.2, 0.25) is 0 Å². The molecule has 0 heterocycles. The highest BCUT2D eigenvalue weighted by Gasteiger charge is 2.07. The topological polar surface area (TPSA) is 88.4 Å². The summed E-state index contributed by atoms with van der Waals surface area (Å²) in [5.41, 5.74) is 0. The average molecular weight is 222 g/mol. The van der Waals surface area contributed by atoms with Crippen LogP contribution in [0, 0.1) is 11.3 Å². The summed E-state index contributed by atoms with van der Waals surface area (Å²) in [6.45, 7) is 1.35. The average Bonchev–Trinajstić information content (AvgIpc) is 2.11. The summed E-state index contributed by atoms with van der Waals surface area (Å²) in [5.74, 6) is -0.523. The molecule has 6 nitrogen and oxygen atoms in total.